The Balaban J connectivity index is 2.54. The molecule has 2 heteroatoms. The fourth-order valence-corrected chi connectivity index (χ4v) is 2.24. The van der Waals surface area contributed by atoms with Gasteiger partial charge in [0, 0.05) is 6.04 Å². The average Bonchev–Trinajstić information content (AvgIpc) is 2.33. The molecule has 1 aromatic rings. The molecule has 2 N–H and O–H groups in total. The summed E-state index contributed by atoms with van der Waals surface area (Å²) in [6.07, 6.45) is 3.24. The summed E-state index contributed by atoms with van der Waals surface area (Å²) in [5.41, 5.74) is 3.45. The van der Waals surface area contributed by atoms with Crippen molar-refractivity contribution in [1.82, 2.24) is 5.32 Å². The van der Waals surface area contributed by atoms with Crippen molar-refractivity contribution in [3.63, 3.8) is 0 Å². The van der Waals surface area contributed by atoms with E-state index in [1.807, 2.05) is 6.07 Å². The van der Waals surface area contributed by atoms with Gasteiger partial charge in [-0.05, 0) is 44.9 Å². The molecule has 0 aliphatic rings. The van der Waals surface area contributed by atoms with Gasteiger partial charge >= 0.3 is 0 Å². The van der Waals surface area contributed by atoms with Crippen LogP contribution in [0.15, 0.2) is 18.2 Å². The molecule has 18 heavy (non-hydrogen) atoms. The molecule has 0 saturated carbocycles. The van der Waals surface area contributed by atoms with E-state index in [0.717, 1.165) is 12.1 Å². The van der Waals surface area contributed by atoms with E-state index in [1.165, 1.54) is 30.4 Å². The van der Waals surface area contributed by atoms with Crippen LogP contribution in [0.25, 0.3) is 0 Å². The van der Waals surface area contributed by atoms with Gasteiger partial charge in [-0.25, -0.2) is 0 Å². The molecule has 0 amide bonds. The second-order valence-corrected chi connectivity index (χ2v) is 5.25. The highest BCUT2D eigenvalue weighted by atomic mass is 16.3. The molecule has 2 atom stereocenters. The van der Waals surface area contributed by atoms with Crippen LogP contribution in [0.4, 0.5) is 0 Å². The Hall–Kier alpha value is -0.860. The lowest BCUT2D eigenvalue weighted by molar-refractivity contribution is 0.135. The van der Waals surface area contributed by atoms with Crippen molar-refractivity contribution in [2.45, 2.75) is 59.1 Å². The van der Waals surface area contributed by atoms with Crippen molar-refractivity contribution in [3.05, 3.63) is 34.9 Å². The highest BCUT2D eigenvalue weighted by Crippen LogP contribution is 2.21. The minimum absolute atomic E-state index is 0.100. The highest BCUT2D eigenvalue weighted by Gasteiger charge is 2.17. The SMILES string of the molecule is CCCCCNC(C)C(O)c1ccc(C)cc1C. The molecule has 0 bridgehead atoms. The maximum atomic E-state index is 10.4. The van der Waals surface area contributed by atoms with Crippen LogP contribution in [0.5, 0.6) is 0 Å². The van der Waals surface area contributed by atoms with E-state index in [0.29, 0.717) is 0 Å². The van der Waals surface area contributed by atoms with E-state index in [1.54, 1.807) is 0 Å². The Labute approximate surface area is 111 Å². The maximum Gasteiger partial charge on any atom is 0.0942 e. The molecule has 0 aromatic heterocycles. The van der Waals surface area contributed by atoms with Gasteiger partial charge in [0.25, 0.3) is 0 Å². The molecular weight excluding hydrogens is 222 g/mol. The van der Waals surface area contributed by atoms with Crippen molar-refractivity contribution < 1.29 is 5.11 Å². The van der Waals surface area contributed by atoms with Gasteiger partial charge in [-0.3, -0.25) is 0 Å². The number of unbranched alkanes of at least 4 members (excludes halogenated alkanes) is 2. The maximum absolute atomic E-state index is 10.4. The molecule has 0 fully saturated rings. The first-order valence-electron chi connectivity index (χ1n) is 7.04. The topological polar surface area (TPSA) is 32.3 Å². The summed E-state index contributed by atoms with van der Waals surface area (Å²) in [7, 11) is 0. The van der Waals surface area contributed by atoms with E-state index in [9.17, 15) is 5.11 Å². The monoisotopic (exact) mass is 249 g/mol. The third-order valence-corrected chi connectivity index (χ3v) is 3.46. The predicted molar refractivity (Wildman–Crippen MR) is 77.9 cm³/mol. The summed E-state index contributed by atoms with van der Waals surface area (Å²) >= 11 is 0. The zero-order chi connectivity index (χ0) is 13.5. The normalized spacial score (nSPS) is 14.5. The van der Waals surface area contributed by atoms with Gasteiger partial charge in [0.15, 0.2) is 0 Å². The molecular formula is C16H27NO. The first-order chi connectivity index (χ1) is 8.56. The van der Waals surface area contributed by atoms with Gasteiger partial charge in [0.2, 0.25) is 0 Å². The molecule has 2 nitrogen and oxygen atoms in total. The number of rotatable bonds is 7. The van der Waals surface area contributed by atoms with Gasteiger partial charge in [-0.2, -0.15) is 0 Å². The Morgan fingerprint density at radius 2 is 1.94 bits per heavy atom. The molecule has 0 aliphatic carbocycles. The third kappa shape index (κ3) is 4.43. The summed E-state index contributed by atoms with van der Waals surface area (Å²) < 4.78 is 0. The van der Waals surface area contributed by atoms with E-state index < -0.39 is 6.10 Å². The fraction of sp³-hybridized carbons (Fsp3) is 0.625. The summed E-state index contributed by atoms with van der Waals surface area (Å²) in [6.45, 7) is 9.38. The zero-order valence-electron chi connectivity index (χ0n) is 12.2. The number of aryl methyl sites for hydroxylation is 2. The number of hydrogen-bond donors (Lipinski definition) is 2. The van der Waals surface area contributed by atoms with E-state index in [2.05, 4.69) is 45.1 Å². The summed E-state index contributed by atoms with van der Waals surface area (Å²) in [4.78, 5) is 0. The van der Waals surface area contributed by atoms with Crippen LogP contribution in [0.2, 0.25) is 0 Å². The first kappa shape index (κ1) is 15.2. The molecule has 102 valence electrons. The fourth-order valence-electron chi connectivity index (χ4n) is 2.24. The van der Waals surface area contributed by atoms with Crippen LogP contribution in [-0.4, -0.2) is 17.7 Å². The van der Waals surface area contributed by atoms with Gasteiger partial charge in [0.05, 0.1) is 6.10 Å². The number of aliphatic hydroxyl groups excluding tert-OH is 1. The second-order valence-electron chi connectivity index (χ2n) is 5.25. The first-order valence-corrected chi connectivity index (χ1v) is 7.04. The zero-order valence-corrected chi connectivity index (χ0v) is 12.2. The molecule has 0 heterocycles. The number of benzene rings is 1. The molecule has 0 spiro atoms. The lowest BCUT2D eigenvalue weighted by atomic mass is 9.97. The summed E-state index contributed by atoms with van der Waals surface area (Å²) in [6, 6.07) is 6.33. The van der Waals surface area contributed by atoms with Crippen molar-refractivity contribution in [1.29, 1.82) is 0 Å². The molecule has 0 radical (unpaired) electrons. The van der Waals surface area contributed by atoms with Crippen molar-refractivity contribution >= 4 is 0 Å². The van der Waals surface area contributed by atoms with E-state index in [-0.39, 0.29) is 6.04 Å². The summed E-state index contributed by atoms with van der Waals surface area (Å²) in [5.74, 6) is 0. The second kappa shape index (κ2) is 7.55. The minimum Gasteiger partial charge on any atom is -0.387 e. The molecule has 0 aliphatic heterocycles. The number of nitrogens with one attached hydrogen (secondary N) is 1. The molecule has 1 aromatic carbocycles. The highest BCUT2D eigenvalue weighted by molar-refractivity contribution is 5.32. The Kier molecular flexibility index (Phi) is 6.37. The van der Waals surface area contributed by atoms with Crippen LogP contribution in [-0.2, 0) is 0 Å². The van der Waals surface area contributed by atoms with Crippen LogP contribution in [0.1, 0.15) is 55.9 Å². The summed E-state index contributed by atoms with van der Waals surface area (Å²) in [5, 5.41) is 13.8. The van der Waals surface area contributed by atoms with Crippen molar-refractivity contribution in [2.75, 3.05) is 6.54 Å². The molecule has 0 saturated heterocycles. The molecule has 2 unspecified atom stereocenters. The standard InChI is InChI=1S/C16H27NO/c1-5-6-7-10-17-14(4)16(18)15-9-8-12(2)11-13(15)3/h8-9,11,14,16-18H,5-7,10H2,1-4H3. The van der Waals surface area contributed by atoms with Crippen LogP contribution >= 0.6 is 0 Å². The van der Waals surface area contributed by atoms with Crippen LogP contribution in [0.3, 0.4) is 0 Å². The van der Waals surface area contributed by atoms with Gasteiger partial charge in [-0.1, -0.05) is 43.5 Å². The predicted octanol–water partition coefficient (Wildman–Crippen LogP) is 3.51. The minimum atomic E-state index is -0.424. The largest absolute Gasteiger partial charge is 0.387 e. The smallest absolute Gasteiger partial charge is 0.0942 e. The lowest BCUT2D eigenvalue weighted by Crippen LogP contribution is -2.33. The number of aliphatic hydroxyl groups is 1. The lowest BCUT2D eigenvalue weighted by Gasteiger charge is -2.22. The van der Waals surface area contributed by atoms with Gasteiger partial charge in [-0.15, -0.1) is 0 Å². The van der Waals surface area contributed by atoms with Crippen LogP contribution in [0, 0.1) is 13.8 Å². The van der Waals surface area contributed by atoms with Crippen molar-refractivity contribution in [3.8, 4) is 0 Å². The Bertz CT molecular complexity index is 362. The van der Waals surface area contributed by atoms with Crippen LogP contribution < -0.4 is 5.32 Å². The van der Waals surface area contributed by atoms with E-state index >= 15 is 0 Å². The van der Waals surface area contributed by atoms with Crippen molar-refractivity contribution in [2.24, 2.45) is 0 Å². The Morgan fingerprint density at radius 1 is 1.22 bits per heavy atom. The Morgan fingerprint density at radius 3 is 2.56 bits per heavy atom. The third-order valence-electron chi connectivity index (χ3n) is 3.46. The van der Waals surface area contributed by atoms with Gasteiger partial charge < -0.3 is 10.4 Å². The van der Waals surface area contributed by atoms with Gasteiger partial charge in [0.1, 0.15) is 0 Å². The number of hydrogen-bond acceptors (Lipinski definition) is 2. The van der Waals surface area contributed by atoms with E-state index in [4.69, 9.17) is 0 Å². The average molecular weight is 249 g/mol. The quantitative estimate of drug-likeness (QED) is 0.725. The molecule has 1 rings (SSSR count).